The number of fused-ring (bicyclic) bond motifs is 5. The molecule has 1 aromatic heterocycles. The van der Waals surface area contributed by atoms with Crippen LogP contribution in [0.3, 0.4) is 0 Å². The largest absolute Gasteiger partial charge is 0.261 e. The molecule has 0 spiro atoms. The number of nitrogens with zero attached hydrogens (tertiary/aromatic N) is 2. The van der Waals surface area contributed by atoms with Crippen molar-refractivity contribution >= 4 is 24.0 Å². The zero-order valence-corrected chi connectivity index (χ0v) is 15.6. The predicted molar refractivity (Wildman–Crippen MR) is 101 cm³/mol. The summed E-state index contributed by atoms with van der Waals surface area (Å²) in [5.41, 5.74) is 4.20. The minimum absolute atomic E-state index is 0.310. The Morgan fingerprint density at radius 3 is 2.52 bits per heavy atom. The van der Waals surface area contributed by atoms with Gasteiger partial charge >= 0.3 is 0 Å². The molecule has 0 atom stereocenters. The van der Waals surface area contributed by atoms with Crippen molar-refractivity contribution in [1.82, 2.24) is 9.78 Å². The molecule has 0 bridgehead atoms. The SMILES string of the molecule is CC(C)(C)[Si](C)(C)c1cnn2c1-c1c(ccc3ccccc13)C2. The molecule has 1 aliphatic heterocycles. The maximum Gasteiger partial charge on any atom is 0.0908 e. The lowest BCUT2D eigenvalue weighted by Gasteiger charge is -2.37. The van der Waals surface area contributed by atoms with E-state index >= 15 is 0 Å². The van der Waals surface area contributed by atoms with Gasteiger partial charge in [0.25, 0.3) is 0 Å². The van der Waals surface area contributed by atoms with Gasteiger partial charge in [-0.25, -0.2) is 0 Å². The highest BCUT2D eigenvalue weighted by Gasteiger charge is 2.41. The van der Waals surface area contributed by atoms with Crippen LogP contribution in [0.5, 0.6) is 0 Å². The van der Waals surface area contributed by atoms with Crippen LogP contribution >= 0.6 is 0 Å². The summed E-state index contributed by atoms with van der Waals surface area (Å²) >= 11 is 0. The van der Waals surface area contributed by atoms with Crippen LogP contribution in [0.15, 0.2) is 42.6 Å². The lowest BCUT2D eigenvalue weighted by molar-refractivity contribution is 0.720. The van der Waals surface area contributed by atoms with Crippen molar-refractivity contribution < 1.29 is 0 Å². The van der Waals surface area contributed by atoms with Crippen LogP contribution in [0.4, 0.5) is 0 Å². The monoisotopic (exact) mass is 320 g/mol. The minimum Gasteiger partial charge on any atom is -0.261 e. The molecule has 0 unspecified atom stereocenters. The molecule has 2 aromatic carbocycles. The second-order valence-electron chi connectivity index (χ2n) is 8.26. The molecule has 1 aliphatic rings. The molecular weight excluding hydrogens is 296 g/mol. The highest BCUT2D eigenvalue weighted by molar-refractivity contribution is 6.93. The highest BCUT2D eigenvalue weighted by atomic mass is 28.3. The van der Waals surface area contributed by atoms with Gasteiger partial charge in [-0.1, -0.05) is 70.3 Å². The molecule has 3 heteroatoms. The van der Waals surface area contributed by atoms with E-state index in [1.165, 1.54) is 32.8 Å². The van der Waals surface area contributed by atoms with Crippen LogP contribution in [-0.4, -0.2) is 17.9 Å². The summed E-state index contributed by atoms with van der Waals surface area (Å²) < 4.78 is 2.22. The third-order valence-electron chi connectivity index (χ3n) is 5.96. The van der Waals surface area contributed by atoms with Crippen LogP contribution < -0.4 is 5.19 Å². The first-order chi connectivity index (χ1) is 10.8. The Labute approximate surface area is 139 Å². The standard InChI is InChI=1S/C20H24N2Si/c1-20(2,3)23(4,5)17-12-21-22-13-15-11-10-14-8-6-7-9-16(14)18(15)19(17)22/h6-12H,13H2,1-5H3. The fourth-order valence-electron chi connectivity index (χ4n) is 3.52. The van der Waals surface area contributed by atoms with E-state index in [9.17, 15) is 0 Å². The average Bonchev–Trinajstić information content (AvgIpc) is 3.04. The van der Waals surface area contributed by atoms with E-state index in [1.807, 2.05) is 0 Å². The summed E-state index contributed by atoms with van der Waals surface area (Å²) in [6.45, 7) is 13.0. The van der Waals surface area contributed by atoms with Gasteiger partial charge < -0.3 is 0 Å². The van der Waals surface area contributed by atoms with Crippen LogP contribution in [0.2, 0.25) is 18.1 Å². The van der Waals surface area contributed by atoms with E-state index in [0.717, 1.165) is 6.54 Å². The van der Waals surface area contributed by atoms with Gasteiger partial charge in [-0.15, -0.1) is 0 Å². The van der Waals surface area contributed by atoms with Crippen molar-refractivity contribution in [3.63, 3.8) is 0 Å². The summed E-state index contributed by atoms with van der Waals surface area (Å²) in [6.07, 6.45) is 2.15. The Kier molecular flexibility index (Phi) is 2.92. The lowest BCUT2D eigenvalue weighted by Crippen LogP contribution is -2.49. The van der Waals surface area contributed by atoms with Crippen molar-refractivity contribution in [3.05, 3.63) is 48.2 Å². The van der Waals surface area contributed by atoms with Crippen molar-refractivity contribution in [2.24, 2.45) is 0 Å². The number of rotatable bonds is 1. The summed E-state index contributed by atoms with van der Waals surface area (Å²) in [4.78, 5) is 0. The molecule has 118 valence electrons. The number of benzene rings is 2. The summed E-state index contributed by atoms with van der Waals surface area (Å²) in [6, 6.07) is 13.3. The van der Waals surface area contributed by atoms with Crippen LogP contribution in [-0.2, 0) is 6.54 Å². The van der Waals surface area contributed by atoms with E-state index in [0.29, 0.717) is 5.04 Å². The van der Waals surface area contributed by atoms with E-state index in [4.69, 9.17) is 5.10 Å². The first-order valence-electron chi connectivity index (χ1n) is 8.38. The maximum atomic E-state index is 4.75. The number of aromatic nitrogens is 2. The quantitative estimate of drug-likeness (QED) is 0.461. The Hall–Kier alpha value is -1.87. The second kappa shape index (κ2) is 4.57. The summed E-state index contributed by atoms with van der Waals surface area (Å²) in [5.74, 6) is 0. The molecule has 0 aliphatic carbocycles. The van der Waals surface area contributed by atoms with Crippen molar-refractivity contribution in [2.75, 3.05) is 0 Å². The molecule has 0 amide bonds. The topological polar surface area (TPSA) is 17.8 Å². The molecule has 2 heterocycles. The van der Waals surface area contributed by atoms with Crippen molar-refractivity contribution in [2.45, 2.75) is 45.4 Å². The molecule has 4 rings (SSSR count). The average molecular weight is 321 g/mol. The Morgan fingerprint density at radius 1 is 1.04 bits per heavy atom. The van der Waals surface area contributed by atoms with Gasteiger partial charge in [0.1, 0.15) is 0 Å². The van der Waals surface area contributed by atoms with Gasteiger partial charge in [-0.2, -0.15) is 5.10 Å². The molecule has 23 heavy (non-hydrogen) atoms. The van der Waals surface area contributed by atoms with Crippen LogP contribution in [0.25, 0.3) is 22.0 Å². The lowest BCUT2D eigenvalue weighted by atomic mass is 9.99. The van der Waals surface area contributed by atoms with Crippen LogP contribution in [0, 0.1) is 0 Å². The van der Waals surface area contributed by atoms with Gasteiger partial charge in [0, 0.05) is 11.8 Å². The van der Waals surface area contributed by atoms with E-state index < -0.39 is 8.07 Å². The van der Waals surface area contributed by atoms with E-state index in [-0.39, 0.29) is 0 Å². The Morgan fingerprint density at radius 2 is 1.78 bits per heavy atom. The van der Waals surface area contributed by atoms with Gasteiger partial charge in [0.2, 0.25) is 0 Å². The zero-order valence-electron chi connectivity index (χ0n) is 14.6. The van der Waals surface area contributed by atoms with E-state index in [1.54, 1.807) is 0 Å². The molecule has 0 saturated carbocycles. The zero-order chi connectivity index (χ0) is 16.4. The third-order valence-corrected chi connectivity index (χ3v) is 11.4. The molecule has 3 aromatic rings. The van der Waals surface area contributed by atoms with Gasteiger partial charge in [-0.05, 0) is 26.6 Å². The predicted octanol–water partition coefficient (Wildman–Crippen LogP) is 4.78. The minimum atomic E-state index is -1.62. The van der Waals surface area contributed by atoms with E-state index in [2.05, 4.69) is 81.1 Å². The highest BCUT2D eigenvalue weighted by Crippen LogP contribution is 2.41. The smallest absolute Gasteiger partial charge is 0.0908 e. The van der Waals surface area contributed by atoms with Gasteiger partial charge in [0.05, 0.1) is 20.3 Å². The normalized spacial score (nSPS) is 14.1. The number of hydrogen-bond acceptors (Lipinski definition) is 1. The number of hydrogen-bond donors (Lipinski definition) is 0. The first-order valence-corrected chi connectivity index (χ1v) is 11.4. The molecular formula is C20H24N2Si. The van der Waals surface area contributed by atoms with Crippen molar-refractivity contribution in [1.29, 1.82) is 0 Å². The fourth-order valence-corrected chi connectivity index (χ4v) is 5.55. The molecule has 2 nitrogen and oxygen atoms in total. The fraction of sp³-hybridized carbons (Fsp3) is 0.350. The summed E-state index contributed by atoms with van der Waals surface area (Å²) in [5, 5.41) is 9.25. The Balaban J connectivity index is 2.04. The van der Waals surface area contributed by atoms with Gasteiger partial charge in [-0.3, -0.25) is 4.68 Å². The molecule has 0 N–H and O–H groups in total. The van der Waals surface area contributed by atoms with Gasteiger partial charge in [0.15, 0.2) is 0 Å². The summed E-state index contributed by atoms with van der Waals surface area (Å²) in [7, 11) is -1.62. The maximum absolute atomic E-state index is 4.75. The Bertz CT molecular complexity index is 913. The molecule has 0 saturated heterocycles. The second-order valence-corrected chi connectivity index (χ2v) is 13.5. The molecule has 0 fully saturated rings. The third kappa shape index (κ3) is 1.96. The van der Waals surface area contributed by atoms with Crippen LogP contribution in [0.1, 0.15) is 26.3 Å². The van der Waals surface area contributed by atoms with Crippen molar-refractivity contribution in [3.8, 4) is 11.3 Å². The first kappa shape index (κ1) is 14.7. The molecule has 0 radical (unpaired) electrons.